The maximum absolute atomic E-state index is 12.1. The first-order chi connectivity index (χ1) is 10.0. The van der Waals surface area contributed by atoms with Crippen molar-refractivity contribution in [1.82, 2.24) is 5.32 Å². The van der Waals surface area contributed by atoms with Crippen LogP contribution in [0.15, 0.2) is 0 Å². The molecule has 3 aliphatic carbocycles. The number of amides is 1. The quantitative estimate of drug-likeness (QED) is 0.727. The van der Waals surface area contributed by atoms with Gasteiger partial charge in [0, 0.05) is 5.92 Å². The van der Waals surface area contributed by atoms with Crippen LogP contribution >= 0.6 is 0 Å². The summed E-state index contributed by atoms with van der Waals surface area (Å²) in [5.74, 6) is -3.51. The van der Waals surface area contributed by atoms with Gasteiger partial charge in [0.25, 0.3) is 0 Å². The van der Waals surface area contributed by atoms with Crippen molar-refractivity contribution in [1.29, 1.82) is 0 Å². The normalized spacial score (nSPS) is 37.3. The van der Waals surface area contributed by atoms with Crippen molar-refractivity contribution < 1.29 is 29.3 Å². The smallest absolute Gasteiger partial charge is 0.408 e. The van der Waals surface area contributed by atoms with Gasteiger partial charge in [-0.05, 0) is 51.4 Å². The van der Waals surface area contributed by atoms with Gasteiger partial charge in [0.15, 0.2) is 0 Å². The predicted octanol–water partition coefficient (Wildman–Crippen LogP) is 1.47. The topological polar surface area (TPSA) is 113 Å². The van der Waals surface area contributed by atoms with E-state index in [1.807, 2.05) is 0 Å². The van der Waals surface area contributed by atoms with Gasteiger partial charge in [-0.15, -0.1) is 0 Å². The molecule has 3 aliphatic rings. The number of hydrogen-bond acceptors (Lipinski definition) is 4. The highest BCUT2D eigenvalue weighted by atomic mass is 16.6. The third-order valence-electron chi connectivity index (χ3n) is 5.21. The molecular formula is C15H21NO6. The second-order valence-corrected chi connectivity index (χ2v) is 7.86. The number of carboxylic acid groups (broad SMARTS) is 2. The molecule has 22 heavy (non-hydrogen) atoms. The third kappa shape index (κ3) is 2.06. The fourth-order valence-electron chi connectivity index (χ4n) is 4.34. The highest BCUT2D eigenvalue weighted by Gasteiger charge is 2.82. The lowest BCUT2D eigenvalue weighted by atomic mass is 9.85. The van der Waals surface area contributed by atoms with E-state index in [0.29, 0.717) is 6.42 Å². The lowest BCUT2D eigenvalue weighted by Crippen LogP contribution is -2.57. The molecule has 0 aromatic rings. The minimum Gasteiger partial charge on any atom is -0.481 e. The Bertz CT molecular complexity index is 561. The second kappa shape index (κ2) is 4.14. The molecule has 3 N–H and O–H groups in total. The number of fused-ring (bicyclic) bond motifs is 2. The van der Waals surface area contributed by atoms with E-state index in [0.717, 1.165) is 12.8 Å². The Morgan fingerprint density at radius 1 is 1.14 bits per heavy atom. The minimum atomic E-state index is -1.52. The summed E-state index contributed by atoms with van der Waals surface area (Å²) in [5, 5.41) is 21.5. The summed E-state index contributed by atoms with van der Waals surface area (Å²) in [7, 11) is 0. The molecule has 0 saturated heterocycles. The molecule has 7 nitrogen and oxygen atoms in total. The van der Waals surface area contributed by atoms with Crippen LogP contribution in [0, 0.1) is 23.2 Å². The van der Waals surface area contributed by atoms with E-state index in [9.17, 15) is 24.6 Å². The van der Waals surface area contributed by atoms with Gasteiger partial charge in [-0.1, -0.05) is 0 Å². The van der Waals surface area contributed by atoms with Crippen molar-refractivity contribution in [3.05, 3.63) is 0 Å². The predicted molar refractivity (Wildman–Crippen MR) is 74.1 cm³/mol. The molecule has 0 aromatic carbocycles. The summed E-state index contributed by atoms with van der Waals surface area (Å²) in [6, 6.07) is 0. The van der Waals surface area contributed by atoms with E-state index in [1.165, 1.54) is 0 Å². The van der Waals surface area contributed by atoms with Crippen molar-refractivity contribution in [3.8, 4) is 0 Å². The van der Waals surface area contributed by atoms with E-state index < -0.39 is 41.0 Å². The molecule has 0 heterocycles. The van der Waals surface area contributed by atoms with Crippen LogP contribution in [0.1, 0.15) is 40.0 Å². The first-order valence-corrected chi connectivity index (χ1v) is 7.50. The van der Waals surface area contributed by atoms with Crippen LogP contribution < -0.4 is 5.32 Å². The number of nitrogens with one attached hydrogen (secondary N) is 1. The number of hydrogen-bond donors (Lipinski definition) is 3. The molecule has 1 spiro atoms. The van der Waals surface area contributed by atoms with Gasteiger partial charge in [0.2, 0.25) is 0 Å². The average Bonchev–Trinajstić information content (AvgIpc) is 3.15. The van der Waals surface area contributed by atoms with Gasteiger partial charge in [0.1, 0.15) is 11.1 Å². The fraction of sp³-hybridized carbons (Fsp3) is 0.800. The van der Waals surface area contributed by atoms with E-state index in [2.05, 4.69) is 5.32 Å². The van der Waals surface area contributed by atoms with Crippen molar-refractivity contribution in [3.63, 3.8) is 0 Å². The standard InChI is InChI=1S/C15H21NO6/c1-13(2,3)22-12(21)16-15(11(19)20)6-14(4-5-14)8-7(9(8)15)10(17)18/h7-9H,4-6H2,1-3H3,(H,16,21)(H,17,18)(H,19,20)/t7-,8-,9+,15-/m0/s1. The maximum Gasteiger partial charge on any atom is 0.408 e. The summed E-state index contributed by atoms with van der Waals surface area (Å²) >= 11 is 0. The minimum absolute atomic E-state index is 0.143. The number of aliphatic carboxylic acids is 2. The number of alkyl carbamates (subject to hydrolysis) is 1. The summed E-state index contributed by atoms with van der Waals surface area (Å²) in [5.41, 5.74) is -2.48. The van der Waals surface area contributed by atoms with Crippen LogP contribution in [0.3, 0.4) is 0 Å². The van der Waals surface area contributed by atoms with E-state index in [1.54, 1.807) is 20.8 Å². The SMILES string of the molecule is CC(C)(C)OC(=O)N[C@@]1(C(=O)O)CC2(CC2)[C@H]2[C@H](C(=O)O)[C@H]21. The number of carbonyl (C=O) groups excluding carboxylic acids is 1. The molecule has 3 saturated carbocycles. The summed E-state index contributed by atoms with van der Waals surface area (Å²) in [6.07, 6.45) is 1.17. The highest BCUT2D eigenvalue weighted by Crippen LogP contribution is 2.78. The molecule has 7 heteroatoms. The molecule has 0 radical (unpaired) electrons. The molecule has 122 valence electrons. The lowest BCUT2D eigenvalue weighted by Gasteiger charge is -2.31. The molecule has 0 unspecified atom stereocenters. The number of carbonyl (C=O) groups is 3. The number of ether oxygens (including phenoxy) is 1. The lowest BCUT2D eigenvalue weighted by molar-refractivity contribution is -0.147. The van der Waals surface area contributed by atoms with Gasteiger partial charge in [0.05, 0.1) is 5.92 Å². The van der Waals surface area contributed by atoms with Gasteiger partial charge < -0.3 is 20.3 Å². The number of carboxylic acids is 2. The first-order valence-electron chi connectivity index (χ1n) is 7.50. The second-order valence-electron chi connectivity index (χ2n) is 7.86. The zero-order valence-electron chi connectivity index (χ0n) is 12.9. The van der Waals surface area contributed by atoms with Crippen LogP contribution in [-0.4, -0.2) is 39.4 Å². The Kier molecular flexibility index (Phi) is 2.85. The van der Waals surface area contributed by atoms with Gasteiger partial charge in [-0.25, -0.2) is 9.59 Å². The van der Waals surface area contributed by atoms with E-state index in [-0.39, 0.29) is 11.3 Å². The maximum atomic E-state index is 12.1. The molecular weight excluding hydrogens is 290 g/mol. The Morgan fingerprint density at radius 2 is 1.73 bits per heavy atom. The molecule has 0 aliphatic heterocycles. The monoisotopic (exact) mass is 311 g/mol. The van der Waals surface area contributed by atoms with Crippen LogP contribution in [0.4, 0.5) is 4.79 Å². The zero-order valence-corrected chi connectivity index (χ0v) is 12.9. The Labute approximate surface area is 128 Å². The average molecular weight is 311 g/mol. The van der Waals surface area contributed by atoms with Crippen molar-refractivity contribution in [2.24, 2.45) is 23.2 Å². The third-order valence-corrected chi connectivity index (χ3v) is 5.21. The van der Waals surface area contributed by atoms with Crippen molar-refractivity contribution in [2.75, 3.05) is 0 Å². The van der Waals surface area contributed by atoms with Crippen LogP contribution in [0.5, 0.6) is 0 Å². The van der Waals surface area contributed by atoms with Gasteiger partial charge in [-0.3, -0.25) is 4.79 Å². The van der Waals surface area contributed by atoms with Crippen molar-refractivity contribution in [2.45, 2.75) is 51.2 Å². The molecule has 0 aromatic heterocycles. The van der Waals surface area contributed by atoms with Crippen LogP contribution in [0.2, 0.25) is 0 Å². The number of rotatable bonds is 3. The Morgan fingerprint density at radius 3 is 2.14 bits per heavy atom. The van der Waals surface area contributed by atoms with Crippen LogP contribution in [0.25, 0.3) is 0 Å². The molecule has 4 atom stereocenters. The molecule has 0 bridgehead atoms. The summed E-state index contributed by atoms with van der Waals surface area (Å²) in [4.78, 5) is 35.3. The Hall–Kier alpha value is -1.79. The van der Waals surface area contributed by atoms with Gasteiger partial charge in [-0.2, -0.15) is 0 Å². The van der Waals surface area contributed by atoms with E-state index in [4.69, 9.17) is 4.74 Å². The Balaban J connectivity index is 1.86. The highest BCUT2D eigenvalue weighted by molar-refractivity contribution is 5.89. The van der Waals surface area contributed by atoms with Crippen LogP contribution in [-0.2, 0) is 14.3 Å². The molecule has 1 amide bonds. The largest absolute Gasteiger partial charge is 0.481 e. The zero-order chi connectivity index (χ0) is 16.5. The van der Waals surface area contributed by atoms with Gasteiger partial charge >= 0.3 is 18.0 Å². The first kappa shape index (κ1) is 15.1. The molecule has 3 fully saturated rings. The van der Waals surface area contributed by atoms with E-state index >= 15 is 0 Å². The van der Waals surface area contributed by atoms with Crippen molar-refractivity contribution >= 4 is 18.0 Å². The summed E-state index contributed by atoms with van der Waals surface area (Å²) < 4.78 is 5.17. The fourth-order valence-corrected chi connectivity index (χ4v) is 4.34. The summed E-state index contributed by atoms with van der Waals surface area (Å²) in [6.45, 7) is 5.07. The molecule has 3 rings (SSSR count).